The third-order valence-electron chi connectivity index (χ3n) is 16.8. The number of aromatic hydroxyl groups is 1. The van der Waals surface area contributed by atoms with Crippen molar-refractivity contribution in [2.45, 2.75) is 84.2 Å². The number of halogens is 2. The second-order valence-corrected chi connectivity index (χ2v) is 25.0. The van der Waals surface area contributed by atoms with Crippen molar-refractivity contribution in [3.8, 4) is 33.3 Å². The summed E-state index contributed by atoms with van der Waals surface area (Å²) in [6.45, 7) is 22.0. The van der Waals surface area contributed by atoms with Crippen LogP contribution in [0, 0.1) is 18.2 Å². The van der Waals surface area contributed by atoms with Crippen LogP contribution in [0.3, 0.4) is 0 Å². The van der Waals surface area contributed by atoms with E-state index in [4.69, 9.17) is 31.0 Å². The standard InChI is InChI=1S/C63H77ClFN11O8S/c1-7-53(80)74-24-26-75(27-25-74)59-49-35-50(64)54(48-33-44(77)32-43-10-8-9-11-47(43)48)55(65)56(49)69-62(70-59)84-46-16-18-71(19-17-46)28-30-83-31-29-72-20-22-73(23-21-72)37-52(79)68-58(63(4,5)6)61(82)76-36-45(78)34-51(76)60(81)67-39(2)41-12-14-42(15-13-41)57-40(3)66-38-85-57/h7-15,32-33,35,38-39,45-46,51,58,77-78H,1,16-31,34,36-37H2,2-6H3,(H,67,81)(H,68,79)/t39-,45?,51?,58+/m0/s1. The fourth-order valence-electron chi connectivity index (χ4n) is 12.0. The Bertz CT molecular complexity index is 3400. The van der Waals surface area contributed by atoms with E-state index in [9.17, 15) is 29.4 Å². The Kier molecular flexibility index (Phi) is 19.3. The van der Waals surface area contributed by atoms with Crippen molar-refractivity contribution in [1.29, 1.82) is 0 Å². The number of nitrogens with zero attached hydrogens (tertiary/aromatic N) is 9. The van der Waals surface area contributed by atoms with Crippen molar-refractivity contribution >= 4 is 74.1 Å². The van der Waals surface area contributed by atoms with Crippen molar-refractivity contribution in [3.05, 3.63) is 107 Å². The van der Waals surface area contributed by atoms with Crippen molar-refractivity contribution in [2.75, 3.05) is 110 Å². The lowest BCUT2D eigenvalue weighted by Crippen LogP contribution is -2.59. The highest BCUT2D eigenvalue weighted by Gasteiger charge is 2.45. The SMILES string of the molecule is C=CC(=O)N1CCN(c2nc(OC3CCN(CCOCCN4CCN(CC(=O)N[C@H](C(=O)N5CC(O)CC5C(=O)N[C@@H](C)c5ccc(-c6scnc6C)cc5)C(C)(C)C)CC4)CC3)nc3c(F)c(-c4cc(O)cc5ccccc45)c(Cl)cc23)CC1. The van der Waals surface area contributed by atoms with Crippen molar-refractivity contribution in [3.63, 3.8) is 0 Å². The Morgan fingerprint density at radius 2 is 1.56 bits per heavy atom. The molecule has 0 radical (unpaired) electrons. The summed E-state index contributed by atoms with van der Waals surface area (Å²) in [5, 5.41) is 29.5. The van der Waals surface area contributed by atoms with Crippen LogP contribution in [0.1, 0.15) is 64.3 Å². The number of aryl methyl sites for hydroxylation is 1. The van der Waals surface area contributed by atoms with Crippen molar-refractivity contribution in [2.24, 2.45) is 5.41 Å². The Balaban J connectivity index is 0.668. The normalized spacial score (nSPS) is 19.3. The Morgan fingerprint density at radius 1 is 0.882 bits per heavy atom. The van der Waals surface area contributed by atoms with Crippen LogP contribution in [0.5, 0.6) is 11.8 Å². The molecule has 4 N–H and O–H groups in total. The van der Waals surface area contributed by atoms with Gasteiger partial charge in [-0.05, 0) is 83.8 Å². The highest BCUT2D eigenvalue weighted by atomic mass is 35.5. The number of likely N-dealkylation sites (tertiary alicyclic amines) is 2. The van der Waals surface area contributed by atoms with Gasteiger partial charge >= 0.3 is 6.01 Å². The maximum Gasteiger partial charge on any atom is 0.319 e. The molecular formula is C63H77ClFN11O8S. The van der Waals surface area contributed by atoms with Gasteiger partial charge in [0.15, 0.2) is 5.82 Å². The number of β-amino-alcohol motifs (C(OH)–C–C–N with tert-alkyl or cyclic N) is 1. The third-order valence-corrected chi connectivity index (χ3v) is 18.1. The number of nitrogens with one attached hydrogen (secondary N) is 2. The molecule has 2 unspecified atom stereocenters. The Morgan fingerprint density at radius 3 is 2.24 bits per heavy atom. The van der Waals surface area contributed by atoms with Gasteiger partial charge in [-0.1, -0.05) is 87.5 Å². The number of fused-ring (bicyclic) bond motifs is 2. The first kappa shape index (κ1) is 61.2. The molecule has 0 aliphatic carbocycles. The van der Waals surface area contributed by atoms with Gasteiger partial charge < -0.3 is 49.9 Å². The zero-order chi connectivity index (χ0) is 60.1. The molecule has 0 bridgehead atoms. The molecule has 6 aromatic rings. The minimum absolute atomic E-state index is 0.00229. The van der Waals surface area contributed by atoms with E-state index in [1.54, 1.807) is 28.4 Å². The summed E-state index contributed by atoms with van der Waals surface area (Å²) in [5.41, 5.74) is 4.65. The number of amides is 4. The number of aliphatic hydroxyl groups excluding tert-OH is 1. The molecule has 4 saturated heterocycles. The molecule has 0 saturated carbocycles. The molecular weight excluding hydrogens is 1130 g/mol. The smallest absolute Gasteiger partial charge is 0.319 e. The number of aliphatic hydroxyl groups is 1. The van der Waals surface area contributed by atoms with Gasteiger partial charge in [0.25, 0.3) is 0 Å². The summed E-state index contributed by atoms with van der Waals surface area (Å²) in [6, 6.07) is 18.1. The van der Waals surface area contributed by atoms with Crippen molar-refractivity contribution in [1.82, 2.24) is 50.1 Å². The predicted molar refractivity (Wildman–Crippen MR) is 328 cm³/mol. The molecule has 2 aromatic heterocycles. The number of thiazole rings is 1. The number of ether oxygens (including phenoxy) is 2. The van der Waals surface area contributed by atoms with Crippen LogP contribution in [0.2, 0.25) is 5.02 Å². The summed E-state index contributed by atoms with van der Waals surface area (Å²) in [5.74, 6) is -1.39. The maximum absolute atomic E-state index is 17.2. The molecule has 4 amide bonds. The molecule has 4 fully saturated rings. The Labute approximate surface area is 504 Å². The summed E-state index contributed by atoms with van der Waals surface area (Å²) >= 11 is 8.52. The number of phenols is 1. The molecule has 4 atom stereocenters. The molecule has 452 valence electrons. The fraction of sp³-hybridized carbons (Fsp3) is 0.476. The average molecular weight is 1200 g/mol. The third kappa shape index (κ3) is 14.4. The molecule has 85 heavy (non-hydrogen) atoms. The van der Waals surface area contributed by atoms with E-state index in [2.05, 4.69) is 36.9 Å². The van der Waals surface area contributed by atoms with Gasteiger partial charge in [-0.3, -0.25) is 29.0 Å². The topological polar surface area (TPSA) is 209 Å². The number of phenolic OH excluding ortho intramolecular Hbond substituents is 1. The van der Waals surface area contributed by atoms with Crippen LogP contribution >= 0.6 is 22.9 Å². The maximum atomic E-state index is 17.2. The summed E-state index contributed by atoms with van der Waals surface area (Å²) < 4.78 is 29.8. The molecule has 4 aliphatic rings. The van der Waals surface area contributed by atoms with Crippen LogP contribution < -0.4 is 20.3 Å². The highest BCUT2D eigenvalue weighted by Crippen LogP contribution is 2.43. The van der Waals surface area contributed by atoms with E-state index in [-0.39, 0.29) is 77.2 Å². The van der Waals surface area contributed by atoms with E-state index >= 15 is 4.39 Å². The van der Waals surface area contributed by atoms with Crippen LogP contribution in [0.25, 0.3) is 43.2 Å². The number of carbonyl (C=O) groups excluding carboxylic acids is 4. The summed E-state index contributed by atoms with van der Waals surface area (Å²) in [7, 11) is 0. The number of hydrogen-bond acceptors (Lipinski definition) is 16. The van der Waals surface area contributed by atoms with Crippen LogP contribution in [0.4, 0.5) is 10.2 Å². The molecule has 0 spiro atoms. The fourth-order valence-corrected chi connectivity index (χ4v) is 13.1. The first-order chi connectivity index (χ1) is 40.8. The molecule has 4 aromatic carbocycles. The van der Waals surface area contributed by atoms with Gasteiger partial charge in [0.2, 0.25) is 23.6 Å². The number of carbonyl (C=O) groups is 4. The molecule has 19 nitrogen and oxygen atoms in total. The van der Waals surface area contributed by atoms with Crippen LogP contribution in [0.15, 0.2) is 84.9 Å². The lowest BCUT2D eigenvalue weighted by Gasteiger charge is -2.37. The second-order valence-electron chi connectivity index (χ2n) is 23.8. The minimum atomic E-state index is -0.920. The zero-order valence-electron chi connectivity index (χ0n) is 49.1. The summed E-state index contributed by atoms with van der Waals surface area (Å²) in [4.78, 5) is 81.1. The van der Waals surface area contributed by atoms with Gasteiger partial charge in [-0.15, -0.1) is 11.3 Å². The molecule has 22 heteroatoms. The minimum Gasteiger partial charge on any atom is -0.508 e. The van der Waals surface area contributed by atoms with Gasteiger partial charge in [0, 0.05) is 102 Å². The predicted octanol–water partition coefficient (Wildman–Crippen LogP) is 7.06. The largest absolute Gasteiger partial charge is 0.508 e. The first-order valence-electron chi connectivity index (χ1n) is 29.4. The number of rotatable bonds is 19. The average Bonchev–Trinajstić information content (AvgIpc) is 1.98. The lowest BCUT2D eigenvalue weighted by molar-refractivity contribution is -0.144. The van der Waals surface area contributed by atoms with Gasteiger partial charge in [-0.2, -0.15) is 9.97 Å². The number of aromatic nitrogens is 3. The van der Waals surface area contributed by atoms with Crippen LogP contribution in [-0.4, -0.2) is 202 Å². The van der Waals surface area contributed by atoms with Crippen LogP contribution in [-0.2, 0) is 23.9 Å². The number of hydrogen-bond donors (Lipinski definition) is 4. The number of benzene rings is 4. The van der Waals surface area contributed by atoms with Gasteiger partial charge in [0.05, 0.1) is 53.0 Å². The number of anilines is 1. The van der Waals surface area contributed by atoms with E-state index in [1.165, 1.54) is 17.0 Å². The molecule has 10 rings (SSSR count). The quantitative estimate of drug-likeness (QED) is 0.0473. The summed E-state index contributed by atoms with van der Waals surface area (Å²) in [6.07, 6.45) is 1.71. The lowest BCUT2D eigenvalue weighted by atomic mass is 9.85. The number of piperidine rings is 1. The highest BCUT2D eigenvalue weighted by molar-refractivity contribution is 7.13. The Hall–Kier alpha value is -6.85. The number of piperazine rings is 2. The first-order valence-corrected chi connectivity index (χ1v) is 30.7. The molecule has 6 heterocycles. The van der Waals surface area contributed by atoms with Gasteiger partial charge in [0.1, 0.15) is 35.3 Å². The van der Waals surface area contributed by atoms with E-state index in [1.807, 2.05) is 93.6 Å². The monoisotopic (exact) mass is 1200 g/mol. The second kappa shape index (κ2) is 26.8. The van der Waals surface area contributed by atoms with E-state index in [0.717, 1.165) is 71.7 Å². The van der Waals surface area contributed by atoms with Crippen molar-refractivity contribution < 1.29 is 43.3 Å². The van der Waals surface area contributed by atoms with Gasteiger partial charge in [-0.25, -0.2) is 9.37 Å². The van der Waals surface area contributed by atoms with E-state index < -0.39 is 35.3 Å². The van der Waals surface area contributed by atoms with E-state index in [0.29, 0.717) is 82.1 Å². The zero-order valence-corrected chi connectivity index (χ0v) is 50.6. The molecule has 4 aliphatic heterocycles.